The largest absolute Gasteiger partial charge is 0.445 e. The van der Waals surface area contributed by atoms with E-state index < -0.39 is 29.5 Å². The Morgan fingerprint density at radius 1 is 1.36 bits per heavy atom. The number of nitrogens with one attached hydrogen (secondary N) is 3. The number of alkyl carbamates (subject to hydrolysis) is 1. The van der Waals surface area contributed by atoms with Gasteiger partial charge in [-0.3, -0.25) is 4.79 Å². The van der Waals surface area contributed by atoms with E-state index in [1.807, 2.05) is 30.3 Å². The van der Waals surface area contributed by atoms with E-state index in [-0.39, 0.29) is 31.7 Å². The van der Waals surface area contributed by atoms with Gasteiger partial charge in [0.25, 0.3) is 11.5 Å². The van der Waals surface area contributed by atoms with Crippen molar-refractivity contribution in [3.05, 3.63) is 69.6 Å². The van der Waals surface area contributed by atoms with Crippen molar-refractivity contribution in [3.8, 4) is 0 Å². The second-order valence-corrected chi connectivity index (χ2v) is 6.91. The normalized spacial score (nSPS) is 19.6. The molecule has 1 saturated heterocycles. The molecule has 0 aliphatic carbocycles. The van der Waals surface area contributed by atoms with E-state index in [0.29, 0.717) is 5.56 Å². The van der Waals surface area contributed by atoms with Crippen LogP contribution in [0.4, 0.5) is 13.6 Å². The molecule has 0 saturated carbocycles. The molecule has 1 aliphatic heterocycles. The Labute approximate surface area is 161 Å². The molecule has 1 fully saturated rings. The summed E-state index contributed by atoms with van der Waals surface area (Å²) in [6.07, 6.45) is 0.370. The van der Waals surface area contributed by atoms with E-state index >= 15 is 0 Å². The molecule has 28 heavy (non-hydrogen) atoms. The number of H-pyrrole nitrogens is 1. The topological polar surface area (TPSA) is 83.2 Å². The predicted molar refractivity (Wildman–Crippen MR) is 100 cm³/mol. The molecule has 150 valence electrons. The molecule has 1 aliphatic rings. The zero-order chi connectivity index (χ0) is 20.1. The molecular formula is C20H23F2N3O3. The molecule has 8 heteroatoms. The summed E-state index contributed by atoms with van der Waals surface area (Å²) in [4.78, 5) is 26.7. The van der Waals surface area contributed by atoms with Gasteiger partial charge in [0.2, 0.25) is 0 Å². The summed E-state index contributed by atoms with van der Waals surface area (Å²) in [6, 6.07) is 9.91. The van der Waals surface area contributed by atoms with Crippen LogP contribution >= 0.6 is 0 Å². The lowest BCUT2D eigenvalue weighted by atomic mass is 9.88. The van der Waals surface area contributed by atoms with Crippen LogP contribution in [0.15, 0.2) is 47.4 Å². The number of ether oxygens (including phenoxy) is 1. The summed E-state index contributed by atoms with van der Waals surface area (Å²) in [7, 11) is 0. The van der Waals surface area contributed by atoms with Gasteiger partial charge >= 0.3 is 6.09 Å². The van der Waals surface area contributed by atoms with Crippen LogP contribution < -0.4 is 16.2 Å². The van der Waals surface area contributed by atoms with Crippen molar-refractivity contribution in [2.75, 3.05) is 13.1 Å². The first-order valence-electron chi connectivity index (χ1n) is 9.15. The monoisotopic (exact) mass is 391 g/mol. The fourth-order valence-corrected chi connectivity index (χ4v) is 3.25. The summed E-state index contributed by atoms with van der Waals surface area (Å²) in [5.41, 5.74) is 0.928. The lowest BCUT2D eigenvalue weighted by Crippen LogP contribution is -2.43. The van der Waals surface area contributed by atoms with Crippen LogP contribution in [0, 0.1) is 0 Å². The van der Waals surface area contributed by atoms with Gasteiger partial charge in [-0.1, -0.05) is 30.3 Å². The molecule has 1 amide bonds. The van der Waals surface area contributed by atoms with Crippen molar-refractivity contribution in [3.63, 3.8) is 0 Å². The maximum atomic E-state index is 14.2. The van der Waals surface area contributed by atoms with Gasteiger partial charge in [-0.15, -0.1) is 0 Å². The lowest BCUT2D eigenvalue weighted by molar-refractivity contribution is -0.0480. The first-order chi connectivity index (χ1) is 13.4. The third kappa shape index (κ3) is 4.75. The molecule has 3 rings (SSSR count). The first-order valence-corrected chi connectivity index (χ1v) is 9.15. The number of aromatic amines is 1. The number of halogens is 2. The SMILES string of the molecule is CC(NC(=O)OCc1ccccc1)c1cc(C2CNCCC2(F)F)c[nH]c1=O. The number of alkyl halides is 2. The van der Waals surface area contributed by atoms with E-state index in [4.69, 9.17) is 4.74 Å². The summed E-state index contributed by atoms with van der Waals surface area (Å²) in [6.45, 7) is 2.08. The molecule has 2 unspecified atom stereocenters. The third-order valence-corrected chi connectivity index (χ3v) is 4.86. The predicted octanol–water partition coefficient (Wildman–Crippen LogP) is 3.07. The third-order valence-electron chi connectivity index (χ3n) is 4.86. The zero-order valence-electron chi connectivity index (χ0n) is 15.5. The number of pyridine rings is 1. The van der Waals surface area contributed by atoms with Gasteiger partial charge in [-0.25, -0.2) is 13.6 Å². The number of carbonyl (C=O) groups excluding carboxylic acids is 1. The number of amides is 1. The average Bonchev–Trinajstić information content (AvgIpc) is 2.67. The quantitative estimate of drug-likeness (QED) is 0.732. The maximum Gasteiger partial charge on any atom is 0.407 e. The Morgan fingerprint density at radius 2 is 2.11 bits per heavy atom. The van der Waals surface area contributed by atoms with Crippen LogP contribution in [-0.4, -0.2) is 30.1 Å². The van der Waals surface area contributed by atoms with Crippen molar-refractivity contribution >= 4 is 6.09 Å². The van der Waals surface area contributed by atoms with Crippen LogP contribution in [0.2, 0.25) is 0 Å². The lowest BCUT2D eigenvalue weighted by Gasteiger charge is -2.32. The Hall–Kier alpha value is -2.74. The molecule has 6 nitrogen and oxygen atoms in total. The van der Waals surface area contributed by atoms with Crippen molar-refractivity contribution in [2.45, 2.75) is 37.8 Å². The molecule has 2 atom stereocenters. The second-order valence-electron chi connectivity index (χ2n) is 6.91. The number of hydrogen-bond acceptors (Lipinski definition) is 4. The fraction of sp³-hybridized carbons (Fsp3) is 0.400. The van der Waals surface area contributed by atoms with E-state index in [2.05, 4.69) is 15.6 Å². The highest BCUT2D eigenvalue weighted by atomic mass is 19.3. The smallest absolute Gasteiger partial charge is 0.407 e. The highest BCUT2D eigenvalue weighted by Crippen LogP contribution is 2.37. The number of hydrogen-bond donors (Lipinski definition) is 3. The first kappa shape index (κ1) is 20.0. The summed E-state index contributed by atoms with van der Waals surface area (Å²) in [5.74, 6) is -3.89. The van der Waals surface area contributed by atoms with E-state index in [1.54, 1.807) is 6.92 Å². The number of aromatic nitrogens is 1. The molecule has 2 heterocycles. The van der Waals surface area contributed by atoms with E-state index in [0.717, 1.165) is 5.56 Å². The zero-order valence-corrected chi connectivity index (χ0v) is 15.5. The van der Waals surface area contributed by atoms with Gasteiger partial charge in [0.1, 0.15) is 6.61 Å². The molecule has 2 aromatic rings. The molecule has 1 aromatic heterocycles. The number of piperidine rings is 1. The Morgan fingerprint density at radius 3 is 2.82 bits per heavy atom. The van der Waals surface area contributed by atoms with Gasteiger partial charge in [-0.05, 0) is 24.1 Å². The van der Waals surface area contributed by atoms with Crippen LogP contribution in [-0.2, 0) is 11.3 Å². The molecule has 0 radical (unpaired) electrons. The van der Waals surface area contributed by atoms with Crippen LogP contribution in [0.3, 0.4) is 0 Å². The van der Waals surface area contributed by atoms with E-state index in [9.17, 15) is 18.4 Å². The molecular weight excluding hydrogens is 368 g/mol. The summed E-state index contributed by atoms with van der Waals surface area (Å²) >= 11 is 0. The van der Waals surface area contributed by atoms with Gasteiger partial charge in [0, 0.05) is 31.3 Å². The highest BCUT2D eigenvalue weighted by Gasteiger charge is 2.42. The van der Waals surface area contributed by atoms with Gasteiger partial charge < -0.3 is 20.4 Å². The minimum atomic E-state index is -2.86. The van der Waals surface area contributed by atoms with E-state index in [1.165, 1.54) is 12.3 Å². The van der Waals surface area contributed by atoms with Gasteiger partial charge in [0.05, 0.1) is 12.0 Å². The molecule has 1 aromatic carbocycles. The van der Waals surface area contributed by atoms with Gasteiger partial charge in [0.15, 0.2) is 0 Å². The molecule has 3 N–H and O–H groups in total. The van der Waals surface area contributed by atoms with Crippen molar-refractivity contribution in [1.82, 2.24) is 15.6 Å². The highest BCUT2D eigenvalue weighted by molar-refractivity contribution is 5.67. The second kappa shape index (κ2) is 8.52. The van der Waals surface area contributed by atoms with Crippen molar-refractivity contribution in [1.29, 1.82) is 0 Å². The maximum absolute atomic E-state index is 14.2. The van der Waals surface area contributed by atoms with Crippen LogP contribution in [0.25, 0.3) is 0 Å². The number of carbonyl (C=O) groups is 1. The standard InChI is InChI=1S/C20H23F2N3O3/c1-13(25-19(27)28-12-14-5-3-2-4-6-14)16-9-15(10-24-18(16)26)17-11-23-8-7-20(17,21)22/h2-6,9-10,13,17,23H,7-8,11-12H2,1H3,(H,24,26)(H,25,27). The van der Waals surface area contributed by atoms with Crippen LogP contribution in [0.5, 0.6) is 0 Å². The fourth-order valence-electron chi connectivity index (χ4n) is 3.25. The minimum Gasteiger partial charge on any atom is -0.445 e. The molecule has 0 spiro atoms. The number of rotatable bonds is 5. The Bertz CT molecular complexity index is 870. The molecule has 0 bridgehead atoms. The Kier molecular flexibility index (Phi) is 6.08. The minimum absolute atomic E-state index is 0.0930. The van der Waals surface area contributed by atoms with Crippen LogP contribution in [0.1, 0.15) is 42.0 Å². The summed E-state index contributed by atoms with van der Waals surface area (Å²) in [5, 5.41) is 5.53. The Balaban J connectivity index is 1.68. The average molecular weight is 391 g/mol. The summed E-state index contributed by atoms with van der Waals surface area (Å²) < 4.78 is 33.6. The van der Waals surface area contributed by atoms with Gasteiger partial charge in [-0.2, -0.15) is 0 Å². The van der Waals surface area contributed by atoms with Crippen molar-refractivity contribution < 1.29 is 18.3 Å². The number of benzene rings is 1. The van der Waals surface area contributed by atoms with Crippen molar-refractivity contribution in [2.24, 2.45) is 0 Å².